The number of hydrogen-bond acceptors (Lipinski definition) is 2. The molecule has 1 saturated heterocycles. The van der Waals surface area contributed by atoms with Crippen molar-refractivity contribution in [1.29, 1.82) is 0 Å². The molecule has 190 valence electrons. The van der Waals surface area contributed by atoms with E-state index in [1.54, 1.807) is 5.56 Å². The number of benzene rings is 2. The van der Waals surface area contributed by atoms with Gasteiger partial charge < -0.3 is 9.31 Å². The van der Waals surface area contributed by atoms with E-state index in [1.165, 1.54) is 112 Å². The number of rotatable bonds is 15. The maximum Gasteiger partial charge on any atom is 0.493 e. The first kappa shape index (κ1) is 26.5. The zero-order valence-electron chi connectivity index (χ0n) is 22.5. The summed E-state index contributed by atoms with van der Waals surface area (Å²) in [5, 5.41) is 0. The van der Waals surface area contributed by atoms with Crippen LogP contribution in [0.15, 0.2) is 42.5 Å². The normalized spacial score (nSPS) is 16.3. The van der Waals surface area contributed by atoms with Gasteiger partial charge in [-0.15, -0.1) is 0 Å². The SMILES string of the molecule is CCCCCCCCC1(CCCCCCCC)c2ccccc2-c2ccc(B3OCCCO3)cc21. The Hall–Kier alpha value is -1.58. The van der Waals surface area contributed by atoms with Crippen molar-refractivity contribution < 1.29 is 9.31 Å². The highest BCUT2D eigenvalue weighted by atomic mass is 16.6. The molecule has 0 bridgehead atoms. The minimum atomic E-state index is -0.210. The van der Waals surface area contributed by atoms with Crippen molar-refractivity contribution in [2.45, 2.75) is 116 Å². The van der Waals surface area contributed by atoms with Gasteiger partial charge in [0.15, 0.2) is 0 Å². The maximum absolute atomic E-state index is 6.02. The largest absolute Gasteiger partial charge is 0.493 e. The molecule has 0 aromatic heterocycles. The molecule has 3 heteroatoms. The van der Waals surface area contributed by atoms with E-state index in [-0.39, 0.29) is 12.5 Å². The van der Waals surface area contributed by atoms with Gasteiger partial charge in [-0.2, -0.15) is 0 Å². The Balaban J connectivity index is 1.60. The molecule has 0 saturated carbocycles. The van der Waals surface area contributed by atoms with E-state index in [0.717, 1.165) is 19.6 Å². The first-order valence-electron chi connectivity index (χ1n) is 14.8. The van der Waals surface area contributed by atoms with E-state index in [0.29, 0.717) is 0 Å². The van der Waals surface area contributed by atoms with Crippen LogP contribution in [0.4, 0.5) is 0 Å². The molecule has 0 atom stereocenters. The Labute approximate surface area is 215 Å². The van der Waals surface area contributed by atoms with Gasteiger partial charge in [-0.05, 0) is 47.0 Å². The zero-order valence-corrected chi connectivity index (χ0v) is 22.5. The van der Waals surface area contributed by atoms with Crippen molar-refractivity contribution in [2.75, 3.05) is 13.2 Å². The van der Waals surface area contributed by atoms with Crippen LogP contribution < -0.4 is 5.46 Å². The summed E-state index contributed by atoms with van der Waals surface area (Å²) in [6, 6.07) is 16.3. The van der Waals surface area contributed by atoms with Crippen molar-refractivity contribution >= 4 is 12.6 Å². The third kappa shape index (κ3) is 6.41. The Morgan fingerprint density at radius 1 is 0.657 bits per heavy atom. The summed E-state index contributed by atoms with van der Waals surface area (Å²) in [5.41, 5.74) is 7.34. The first-order chi connectivity index (χ1) is 17.3. The topological polar surface area (TPSA) is 18.5 Å². The predicted molar refractivity (Wildman–Crippen MR) is 151 cm³/mol. The predicted octanol–water partition coefficient (Wildman–Crippen LogP) is 8.59. The quantitative estimate of drug-likeness (QED) is 0.190. The van der Waals surface area contributed by atoms with Gasteiger partial charge in [0.2, 0.25) is 0 Å². The van der Waals surface area contributed by atoms with Gasteiger partial charge in [-0.25, -0.2) is 0 Å². The third-order valence-electron chi connectivity index (χ3n) is 8.31. The van der Waals surface area contributed by atoms with Gasteiger partial charge in [0.25, 0.3) is 0 Å². The lowest BCUT2D eigenvalue weighted by Gasteiger charge is -2.33. The summed E-state index contributed by atoms with van der Waals surface area (Å²) >= 11 is 0. The van der Waals surface area contributed by atoms with E-state index in [9.17, 15) is 0 Å². The standard InChI is InChI=1S/C32H47BO2/c1-3-5-7-9-11-15-22-32(23-16-12-10-8-6-4-2)30-19-14-13-18-28(30)29-21-20-27(26-31(29)32)33-34-24-17-25-35-33/h13-14,18-21,26H,3-12,15-17,22-25H2,1-2H3. The molecular weight excluding hydrogens is 427 g/mol. The van der Waals surface area contributed by atoms with Gasteiger partial charge >= 0.3 is 7.12 Å². The lowest BCUT2D eigenvalue weighted by molar-refractivity contribution is 0.143. The van der Waals surface area contributed by atoms with Crippen molar-refractivity contribution in [2.24, 2.45) is 0 Å². The molecule has 0 amide bonds. The number of unbranched alkanes of at least 4 members (excludes halogenated alkanes) is 10. The highest BCUT2D eigenvalue weighted by Crippen LogP contribution is 2.53. The van der Waals surface area contributed by atoms with Gasteiger partial charge in [-0.1, -0.05) is 133 Å². The molecule has 2 aromatic carbocycles. The summed E-state index contributed by atoms with van der Waals surface area (Å²) in [6.07, 6.45) is 19.7. The van der Waals surface area contributed by atoms with Crippen LogP contribution in [-0.2, 0) is 14.7 Å². The summed E-state index contributed by atoms with van der Waals surface area (Å²) in [5.74, 6) is 0. The molecule has 1 fully saturated rings. The third-order valence-corrected chi connectivity index (χ3v) is 8.31. The molecule has 0 radical (unpaired) electrons. The lowest BCUT2D eigenvalue weighted by atomic mass is 9.68. The van der Waals surface area contributed by atoms with Crippen LogP contribution in [-0.4, -0.2) is 20.3 Å². The summed E-state index contributed by atoms with van der Waals surface area (Å²) in [4.78, 5) is 0. The smallest absolute Gasteiger partial charge is 0.407 e. The van der Waals surface area contributed by atoms with Crippen LogP contribution in [0.2, 0.25) is 0 Å². The fraction of sp³-hybridized carbons (Fsp3) is 0.625. The highest BCUT2D eigenvalue weighted by Gasteiger charge is 2.42. The van der Waals surface area contributed by atoms with Gasteiger partial charge in [0.1, 0.15) is 0 Å². The second-order valence-electron chi connectivity index (χ2n) is 10.9. The fourth-order valence-corrected chi connectivity index (χ4v) is 6.38. The molecule has 0 unspecified atom stereocenters. The molecule has 1 aliphatic carbocycles. The first-order valence-corrected chi connectivity index (χ1v) is 14.8. The van der Waals surface area contributed by atoms with Crippen molar-refractivity contribution in [3.05, 3.63) is 53.6 Å². The van der Waals surface area contributed by atoms with Gasteiger partial charge in [0, 0.05) is 18.6 Å². The zero-order chi connectivity index (χ0) is 24.3. The fourth-order valence-electron chi connectivity index (χ4n) is 6.38. The van der Waals surface area contributed by atoms with Crippen LogP contribution in [0.1, 0.15) is 121 Å². The van der Waals surface area contributed by atoms with E-state index < -0.39 is 0 Å². The maximum atomic E-state index is 6.02. The molecule has 35 heavy (non-hydrogen) atoms. The van der Waals surface area contributed by atoms with Crippen LogP contribution in [0.5, 0.6) is 0 Å². The van der Waals surface area contributed by atoms with Gasteiger partial charge in [0.05, 0.1) is 0 Å². The second kappa shape index (κ2) is 13.7. The Morgan fingerprint density at radius 3 is 1.89 bits per heavy atom. The highest BCUT2D eigenvalue weighted by molar-refractivity contribution is 6.61. The average molecular weight is 475 g/mol. The van der Waals surface area contributed by atoms with Crippen molar-refractivity contribution in [3.63, 3.8) is 0 Å². The molecule has 0 spiro atoms. The van der Waals surface area contributed by atoms with Gasteiger partial charge in [-0.3, -0.25) is 0 Å². The van der Waals surface area contributed by atoms with E-state index in [1.807, 2.05) is 0 Å². The molecule has 1 aliphatic heterocycles. The van der Waals surface area contributed by atoms with Crippen LogP contribution in [0.25, 0.3) is 11.1 Å². The minimum Gasteiger partial charge on any atom is -0.407 e. The molecule has 2 aromatic rings. The van der Waals surface area contributed by atoms with Crippen LogP contribution in [0.3, 0.4) is 0 Å². The van der Waals surface area contributed by atoms with Crippen molar-refractivity contribution in [3.8, 4) is 11.1 Å². The Kier molecular flexibility index (Phi) is 10.3. The number of hydrogen-bond donors (Lipinski definition) is 0. The summed E-state index contributed by atoms with van der Waals surface area (Å²) in [6.45, 7) is 6.20. The average Bonchev–Trinajstić information content (AvgIpc) is 3.18. The molecular formula is C32H47BO2. The van der Waals surface area contributed by atoms with E-state index in [4.69, 9.17) is 9.31 Å². The lowest BCUT2D eigenvalue weighted by Crippen LogP contribution is -2.41. The molecule has 1 heterocycles. The second-order valence-corrected chi connectivity index (χ2v) is 10.9. The summed E-state index contributed by atoms with van der Waals surface area (Å²) < 4.78 is 12.0. The van der Waals surface area contributed by atoms with E-state index in [2.05, 4.69) is 56.3 Å². The van der Waals surface area contributed by atoms with Crippen LogP contribution >= 0.6 is 0 Å². The Bertz CT molecular complexity index is 886. The molecule has 0 N–H and O–H groups in total. The number of fused-ring (bicyclic) bond motifs is 3. The molecule has 2 aliphatic rings. The monoisotopic (exact) mass is 474 g/mol. The van der Waals surface area contributed by atoms with Crippen molar-refractivity contribution in [1.82, 2.24) is 0 Å². The minimum absolute atomic E-state index is 0.131. The summed E-state index contributed by atoms with van der Waals surface area (Å²) in [7, 11) is -0.210. The Morgan fingerprint density at radius 2 is 1.23 bits per heavy atom. The van der Waals surface area contributed by atoms with E-state index >= 15 is 0 Å². The molecule has 4 rings (SSSR count). The van der Waals surface area contributed by atoms with Crippen LogP contribution in [0, 0.1) is 0 Å². The molecule has 2 nitrogen and oxygen atoms in total.